The van der Waals surface area contributed by atoms with Crippen LogP contribution in [0.15, 0.2) is 0 Å². The van der Waals surface area contributed by atoms with Gasteiger partial charge in [-0.3, -0.25) is 0 Å². The average Bonchev–Trinajstić information content (AvgIpc) is 2.65. The van der Waals surface area contributed by atoms with Crippen molar-refractivity contribution in [1.82, 2.24) is 15.1 Å². The maximum absolute atomic E-state index is 3.51. The fourth-order valence-electron chi connectivity index (χ4n) is 3.21. The minimum Gasteiger partial charge on any atom is -0.316 e. The monoisotopic (exact) mass is 225 g/mol. The van der Waals surface area contributed by atoms with Crippen LogP contribution in [-0.2, 0) is 0 Å². The molecule has 2 rings (SSSR count). The molecule has 2 aliphatic heterocycles. The molecule has 0 aromatic heterocycles. The lowest BCUT2D eigenvalue weighted by Crippen LogP contribution is -2.38. The first kappa shape index (κ1) is 12.3. The third-order valence-electron chi connectivity index (χ3n) is 4.03. The summed E-state index contributed by atoms with van der Waals surface area (Å²) < 4.78 is 0. The van der Waals surface area contributed by atoms with E-state index in [1.165, 1.54) is 58.5 Å². The van der Waals surface area contributed by atoms with E-state index in [-0.39, 0.29) is 0 Å². The van der Waals surface area contributed by atoms with Gasteiger partial charge >= 0.3 is 0 Å². The second kappa shape index (κ2) is 5.99. The summed E-state index contributed by atoms with van der Waals surface area (Å²) in [5, 5.41) is 3.51. The zero-order valence-electron chi connectivity index (χ0n) is 10.9. The highest BCUT2D eigenvalue weighted by Crippen LogP contribution is 2.17. The quantitative estimate of drug-likeness (QED) is 0.766. The molecule has 0 radical (unpaired) electrons. The number of likely N-dealkylation sites (tertiary alicyclic amines) is 1. The van der Waals surface area contributed by atoms with Crippen LogP contribution in [0.4, 0.5) is 0 Å². The van der Waals surface area contributed by atoms with E-state index < -0.39 is 0 Å². The van der Waals surface area contributed by atoms with Crippen LogP contribution in [0.5, 0.6) is 0 Å². The average molecular weight is 225 g/mol. The first-order valence-electron chi connectivity index (χ1n) is 6.82. The van der Waals surface area contributed by atoms with E-state index >= 15 is 0 Å². The van der Waals surface area contributed by atoms with Crippen LogP contribution in [0.1, 0.15) is 19.3 Å². The third-order valence-corrected chi connectivity index (χ3v) is 4.03. The van der Waals surface area contributed by atoms with Gasteiger partial charge in [-0.25, -0.2) is 0 Å². The molecule has 16 heavy (non-hydrogen) atoms. The standard InChI is InChI=1S/C13H27N3/c1-15-7-5-13(10-15)11-16(2)9-12-4-3-6-14-8-12/h12-14H,3-11H2,1-2H3. The Morgan fingerprint density at radius 3 is 2.69 bits per heavy atom. The SMILES string of the molecule is CN1CCC(CN(C)CC2CCCNC2)C1. The Morgan fingerprint density at radius 1 is 1.25 bits per heavy atom. The van der Waals surface area contributed by atoms with Crippen molar-refractivity contribution in [2.24, 2.45) is 11.8 Å². The molecule has 0 aromatic carbocycles. The van der Waals surface area contributed by atoms with Crippen molar-refractivity contribution in [3.8, 4) is 0 Å². The van der Waals surface area contributed by atoms with Crippen LogP contribution < -0.4 is 5.32 Å². The van der Waals surface area contributed by atoms with Crippen molar-refractivity contribution in [2.75, 3.05) is 53.4 Å². The number of hydrogen-bond acceptors (Lipinski definition) is 3. The van der Waals surface area contributed by atoms with Gasteiger partial charge in [0.15, 0.2) is 0 Å². The molecule has 3 nitrogen and oxygen atoms in total. The van der Waals surface area contributed by atoms with E-state index in [0.717, 1.165) is 11.8 Å². The van der Waals surface area contributed by atoms with Crippen LogP contribution >= 0.6 is 0 Å². The number of hydrogen-bond donors (Lipinski definition) is 1. The molecule has 2 aliphatic rings. The minimum atomic E-state index is 0.887. The molecule has 0 amide bonds. The molecule has 0 spiro atoms. The van der Waals surface area contributed by atoms with E-state index in [4.69, 9.17) is 0 Å². The van der Waals surface area contributed by atoms with E-state index in [1.54, 1.807) is 0 Å². The molecule has 2 heterocycles. The van der Waals surface area contributed by atoms with Gasteiger partial charge < -0.3 is 15.1 Å². The highest BCUT2D eigenvalue weighted by atomic mass is 15.2. The summed E-state index contributed by atoms with van der Waals surface area (Å²) in [5.41, 5.74) is 0. The van der Waals surface area contributed by atoms with Crippen molar-refractivity contribution in [3.05, 3.63) is 0 Å². The Labute approximate surface area is 100 Å². The molecular weight excluding hydrogens is 198 g/mol. The zero-order valence-corrected chi connectivity index (χ0v) is 10.9. The largest absolute Gasteiger partial charge is 0.316 e. The topological polar surface area (TPSA) is 18.5 Å². The van der Waals surface area contributed by atoms with E-state index in [0.29, 0.717) is 0 Å². The molecule has 2 atom stereocenters. The Bertz CT molecular complexity index is 195. The smallest absolute Gasteiger partial charge is 0.00194 e. The lowest BCUT2D eigenvalue weighted by atomic mass is 9.98. The number of nitrogens with zero attached hydrogens (tertiary/aromatic N) is 2. The molecule has 94 valence electrons. The Balaban J connectivity index is 1.65. The Hall–Kier alpha value is -0.120. The lowest BCUT2D eigenvalue weighted by molar-refractivity contribution is 0.215. The highest BCUT2D eigenvalue weighted by Gasteiger charge is 2.22. The van der Waals surface area contributed by atoms with Gasteiger partial charge in [0.25, 0.3) is 0 Å². The second-order valence-corrected chi connectivity index (χ2v) is 5.85. The summed E-state index contributed by atoms with van der Waals surface area (Å²) in [4.78, 5) is 5.02. The fourth-order valence-corrected chi connectivity index (χ4v) is 3.21. The maximum Gasteiger partial charge on any atom is 0.00194 e. The van der Waals surface area contributed by atoms with Crippen molar-refractivity contribution in [3.63, 3.8) is 0 Å². The van der Waals surface area contributed by atoms with Crippen molar-refractivity contribution < 1.29 is 0 Å². The number of rotatable bonds is 4. The van der Waals surface area contributed by atoms with E-state index in [1.807, 2.05) is 0 Å². The summed E-state index contributed by atoms with van der Waals surface area (Å²) in [5.74, 6) is 1.80. The van der Waals surface area contributed by atoms with Crippen molar-refractivity contribution in [1.29, 1.82) is 0 Å². The van der Waals surface area contributed by atoms with Crippen molar-refractivity contribution >= 4 is 0 Å². The second-order valence-electron chi connectivity index (χ2n) is 5.85. The molecule has 0 bridgehead atoms. The number of nitrogens with one attached hydrogen (secondary N) is 1. The predicted molar refractivity (Wildman–Crippen MR) is 68.7 cm³/mol. The van der Waals surface area contributed by atoms with E-state index in [2.05, 4.69) is 29.2 Å². The summed E-state index contributed by atoms with van der Waals surface area (Å²) in [6.07, 6.45) is 4.18. The van der Waals surface area contributed by atoms with Crippen LogP contribution in [0.2, 0.25) is 0 Å². The molecule has 1 N–H and O–H groups in total. The fraction of sp³-hybridized carbons (Fsp3) is 1.00. The summed E-state index contributed by atoms with van der Waals surface area (Å²) >= 11 is 0. The molecule has 0 saturated carbocycles. The summed E-state index contributed by atoms with van der Waals surface area (Å²) in [6.45, 7) is 7.63. The molecule has 3 heteroatoms. The van der Waals surface area contributed by atoms with Gasteiger partial charge in [0.1, 0.15) is 0 Å². The Morgan fingerprint density at radius 2 is 2.06 bits per heavy atom. The van der Waals surface area contributed by atoms with E-state index in [9.17, 15) is 0 Å². The normalized spacial score (nSPS) is 32.4. The minimum absolute atomic E-state index is 0.887. The van der Waals surface area contributed by atoms with Gasteiger partial charge in [-0.15, -0.1) is 0 Å². The van der Waals surface area contributed by atoms with Gasteiger partial charge in [0.2, 0.25) is 0 Å². The number of piperidine rings is 1. The summed E-state index contributed by atoms with van der Waals surface area (Å²) in [7, 11) is 4.54. The van der Waals surface area contributed by atoms with Gasteiger partial charge in [0, 0.05) is 19.6 Å². The molecule has 0 aliphatic carbocycles. The van der Waals surface area contributed by atoms with Gasteiger partial charge in [0.05, 0.1) is 0 Å². The lowest BCUT2D eigenvalue weighted by Gasteiger charge is -2.29. The first-order valence-corrected chi connectivity index (χ1v) is 6.82. The molecule has 2 unspecified atom stereocenters. The maximum atomic E-state index is 3.51. The highest BCUT2D eigenvalue weighted by molar-refractivity contribution is 4.77. The van der Waals surface area contributed by atoms with Crippen LogP contribution in [0, 0.1) is 11.8 Å². The summed E-state index contributed by atoms with van der Waals surface area (Å²) in [6, 6.07) is 0. The molecular formula is C13H27N3. The van der Waals surface area contributed by atoms with Gasteiger partial charge in [-0.1, -0.05) is 0 Å². The molecule has 0 aromatic rings. The van der Waals surface area contributed by atoms with Crippen LogP contribution in [0.3, 0.4) is 0 Å². The molecule has 2 saturated heterocycles. The zero-order chi connectivity index (χ0) is 11.4. The third kappa shape index (κ3) is 3.72. The first-order chi connectivity index (χ1) is 7.74. The van der Waals surface area contributed by atoms with Gasteiger partial charge in [-0.2, -0.15) is 0 Å². The van der Waals surface area contributed by atoms with Crippen LogP contribution in [-0.4, -0.2) is 63.2 Å². The van der Waals surface area contributed by atoms with Crippen LogP contribution in [0.25, 0.3) is 0 Å². The predicted octanol–water partition coefficient (Wildman–Crippen LogP) is 0.869. The van der Waals surface area contributed by atoms with Gasteiger partial charge in [-0.05, 0) is 64.8 Å². The van der Waals surface area contributed by atoms with Crippen molar-refractivity contribution in [2.45, 2.75) is 19.3 Å². The Kier molecular flexibility index (Phi) is 4.62. The molecule has 2 fully saturated rings.